The molecule has 0 bridgehead atoms. The zero-order valence-electron chi connectivity index (χ0n) is 7.64. The van der Waals surface area contributed by atoms with E-state index in [0.717, 1.165) is 0 Å². The van der Waals surface area contributed by atoms with Crippen molar-refractivity contribution in [2.24, 2.45) is 0 Å². The van der Waals surface area contributed by atoms with Gasteiger partial charge >= 0.3 is 6.18 Å². The third kappa shape index (κ3) is 3.83. The Kier molecular flexibility index (Phi) is 3.63. The molecular formula is C10H8ClF3O. The van der Waals surface area contributed by atoms with Crippen LogP contribution in [0.4, 0.5) is 13.2 Å². The first-order valence-corrected chi connectivity index (χ1v) is 4.42. The first-order chi connectivity index (χ1) is 6.92. The second-order valence-corrected chi connectivity index (χ2v) is 3.21. The molecule has 82 valence electrons. The summed E-state index contributed by atoms with van der Waals surface area (Å²) in [5.41, 5.74) is 0.650. The number of alkyl halides is 3. The topological polar surface area (TPSA) is 9.23 Å². The molecule has 0 heterocycles. The summed E-state index contributed by atoms with van der Waals surface area (Å²) in [5.74, 6) is 0.00592. The molecule has 0 fully saturated rings. The summed E-state index contributed by atoms with van der Waals surface area (Å²) in [5, 5.41) is 0.143. The predicted octanol–water partition coefficient (Wildman–Crippen LogP) is 3.92. The molecule has 0 unspecified atom stereocenters. The van der Waals surface area contributed by atoms with Crippen molar-refractivity contribution in [3.8, 4) is 5.75 Å². The molecule has 0 amide bonds. The largest absolute Gasteiger partial charge is 0.483 e. The molecule has 0 atom stereocenters. The van der Waals surface area contributed by atoms with Crippen LogP contribution in [0.15, 0.2) is 24.8 Å². The maximum atomic E-state index is 11.9. The summed E-state index contributed by atoms with van der Waals surface area (Å²) < 4.78 is 40.1. The van der Waals surface area contributed by atoms with Crippen LogP contribution < -0.4 is 4.74 Å². The second-order valence-electron chi connectivity index (χ2n) is 2.80. The van der Waals surface area contributed by atoms with Gasteiger partial charge in [0.25, 0.3) is 0 Å². The molecule has 1 nitrogen and oxygen atoms in total. The number of benzene rings is 1. The van der Waals surface area contributed by atoms with Gasteiger partial charge in [0.15, 0.2) is 6.61 Å². The fourth-order valence-electron chi connectivity index (χ4n) is 0.917. The van der Waals surface area contributed by atoms with E-state index in [1.807, 2.05) is 0 Å². The van der Waals surface area contributed by atoms with Gasteiger partial charge in [0.1, 0.15) is 5.75 Å². The molecule has 5 heteroatoms. The molecule has 0 radical (unpaired) electrons. The monoisotopic (exact) mass is 236 g/mol. The van der Waals surface area contributed by atoms with E-state index in [0.29, 0.717) is 5.56 Å². The zero-order valence-corrected chi connectivity index (χ0v) is 8.40. The summed E-state index contributed by atoms with van der Waals surface area (Å²) in [6.45, 7) is 2.14. The lowest BCUT2D eigenvalue weighted by Crippen LogP contribution is -2.19. The quantitative estimate of drug-likeness (QED) is 0.773. The SMILES string of the molecule is C=Cc1ccc(Cl)c(OCC(F)(F)F)c1. The molecule has 0 spiro atoms. The predicted molar refractivity (Wildman–Crippen MR) is 53.1 cm³/mol. The van der Waals surface area contributed by atoms with Gasteiger partial charge in [-0.15, -0.1) is 0 Å². The Balaban J connectivity index is 2.80. The Bertz CT molecular complexity index is 360. The minimum absolute atomic E-state index is 0.00592. The van der Waals surface area contributed by atoms with Gasteiger partial charge in [0, 0.05) is 0 Å². The van der Waals surface area contributed by atoms with Gasteiger partial charge in [-0.2, -0.15) is 13.2 Å². The van der Waals surface area contributed by atoms with Crippen LogP contribution in [-0.2, 0) is 0 Å². The highest BCUT2D eigenvalue weighted by Crippen LogP contribution is 2.27. The smallest absolute Gasteiger partial charge is 0.422 e. The lowest BCUT2D eigenvalue weighted by atomic mass is 10.2. The minimum atomic E-state index is -4.37. The first kappa shape index (κ1) is 11.9. The molecule has 0 aliphatic carbocycles. The number of rotatable bonds is 3. The van der Waals surface area contributed by atoms with Crippen LogP contribution in [-0.4, -0.2) is 12.8 Å². The molecular weight excluding hydrogens is 229 g/mol. The van der Waals surface area contributed by atoms with Gasteiger partial charge < -0.3 is 4.74 Å². The summed E-state index contributed by atoms with van der Waals surface area (Å²) in [7, 11) is 0. The Morgan fingerprint density at radius 2 is 2.07 bits per heavy atom. The fourth-order valence-corrected chi connectivity index (χ4v) is 1.09. The molecule has 0 aliphatic heterocycles. The van der Waals surface area contributed by atoms with E-state index >= 15 is 0 Å². The fraction of sp³-hybridized carbons (Fsp3) is 0.200. The van der Waals surface area contributed by atoms with E-state index in [-0.39, 0.29) is 10.8 Å². The molecule has 0 N–H and O–H groups in total. The molecule has 0 aliphatic rings. The lowest BCUT2D eigenvalue weighted by molar-refractivity contribution is -0.153. The van der Waals surface area contributed by atoms with Crippen molar-refractivity contribution in [3.05, 3.63) is 35.4 Å². The van der Waals surface area contributed by atoms with Gasteiger partial charge in [-0.25, -0.2) is 0 Å². The highest BCUT2D eigenvalue weighted by atomic mass is 35.5. The Morgan fingerprint density at radius 1 is 1.40 bits per heavy atom. The molecule has 0 saturated carbocycles. The van der Waals surface area contributed by atoms with Crippen molar-refractivity contribution in [2.75, 3.05) is 6.61 Å². The maximum Gasteiger partial charge on any atom is 0.422 e. The Labute approximate surface area is 90.1 Å². The molecule has 15 heavy (non-hydrogen) atoms. The van der Waals surface area contributed by atoms with Crippen molar-refractivity contribution < 1.29 is 17.9 Å². The zero-order chi connectivity index (χ0) is 11.5. The van der Waals surface area contributed by atoms with Crippen LogP contribution in [0, 0.1) is 0 Å². The van der Waals surface area contributed by atoms with Gasteiger partial charge in [-0.3, -0.25) is 0 Å². The second kappa shape index (κ2) is 4.57. The Hall–Kier alpha value is -1.16. The number of hydrogen-bond donors (Lipinski definition) is 0. The minimum Gasteiger partial charge on any atom is -0.483 e. The van der Waals surface area contributed by atoms with Crippen LogP contribution in [0.5, 0.6) is 5.75 Å². The van der Waals surface area contributed by atoms with Crippen molar-refractivity contribution in [3.63, 3.8) is 0 Å². The molecule has 0 saturated heterocycles. The van der Waals surface area contributed by atoms with E-state index in [9.17, 15) is 13.2 Å². The van der Waals surface area contributed by atoms with Crippen LogP contribution in [0.1, 0.15) is 5.56 Å². The van der Waals surface area contributed by atoms with Gasteiger partial charge in [0.2, 0.25) is 0 Å². The molecule has 0 aromatic heterocycles. The highest BCUT2D eigenvalue weighted by Gasteiger charge is 2.28. The van der Waals surface area contributed by atoms with E-state index in [2.05, 4.69) is 11.3 Å². The van der Waals surface area contributed by atoms with E-state index in [1.165, 1.54) is 18.2 Å². The normalized spacial score (nSPS) is 11.2. The third-order valence-corrected chi connectivity index (χ3v) is 1.89. The highest BCUT2D eigenvalue weighted by molar-refractivity contribution is 6.32. The van der Waals surface area contributed by atoms with Gasteiger partial charge in [-0.05, 0) is 17.7 Å². The number of hydrogen-bond acceptors (Lipinski definition) is 1. The van der Waals surface area contributed by atoms with Crippen LogP contribution in [0.3, 0.4) is 0 Å². The average Bonchev–Trinajstić information content (AvgIpc) is 2.15. The van der Waals surface area contributed by atoms with Crippen LogP contribution in [0.25, 0.3) is 6.08 Å². The van der Waals surface area contributed by atoms with Crippen molar-refractivity contribution in [2.45, 2.75) is 6.18 Å². The Morgan fingerprint density at radius 3 is 2.60 bits per heavy atom. The van der Waals surface area contributed by atoms with E-state index in [4.69, 9.17) is 11.6 Å². The maximum absolute atomic E-state index is 11.9. The summed E-state index contributed by atoms with van der Waals surface area (Å²) in [6.07, 6.45) is -2.87. The van der Waals surface area contributed by atoms with E-state index in [1.54, 1.807) is 6.07 Å². The molecule has 1 aromatic rings. The van der Waals surface area contributed by atoms with Crippen molar-refractivity contribution in [1.82, 2.24) is 0 Å². The van der Waals surface area contributed by atoms with Crippen molar-refractivity contribution >= 4 is 17.7 Å². The summed E-state index contributed by atoms with van der Waals surface area (Å²) >= 11 is 5.66. The lowest BCUT2D eigenvalue weighted by Gasteiger charge is -2.10. The summed E-state index contributed by atoms with van der Waals surface area (Å²) in [6, 6.07) is 4.50. The number of halogens is 4. The van der Waals surface area contributed by atoms with Crippen LogP contribution >= 0.6 is 11.6 Å². The number of ether oxygens (including phenoxy) is 1. The third-order valence-electron chi connectivity index (χ3n) is 1.58. The van der Waals surface area contributed by atoms with Crippen molar-refractivity contribution in [1.29, 1.82) is 0 Å². The molecule has 1 rings (SSSR count). The average molecular weight is 237 g/mol. The summed E-state index contributed by atoms with van der Waals surface area (Å²) in [4.78, 5) is 0. The standard InChI is InChI=1S/C10H8ClF3O/c1-2-7-3-4-8(11)9(5-7)15-6-10(12,13)14/h2-5H,1,6H2. The van der Waals surface area contributed by atoms with Crippen LogP contribution in [0.2, 0.25) is 5.02 Å². The van der Waals surface area contributed by atoms with Gasteiger partial charge in [-0.1, -0.05) is 30.3 Å². The molecule has 1 aromatic carbocycles. The van der Waals surface area contributed by atoms with E-state index < -0.39 is 12.8 Å². The first-order valence-electron chi connectivity index (χ1n) is 4.04. The van der Waals surface area contributed by atoms with Gasteiger partial charge in [0.05, 0.1) is 5.02 Å².